The Hall–Kier alpha value is -1.06. The molecule has 2 fully saturated rings. The maximum atomic E-state index is 12.0. The lowest BCUT2D eigenvalue weighted by Crippen LogP contribution is -2.31. The molecule has 4 atom stereocenters. The van der Waals surface area contributed by atoms with Crippen LogP contribution in [-0.2, 0) is 19.1 Å². The summed E-state index contributed by atoms with van der Waals surface area (Å²) in [6.07, 6.45) is 3.76. The van der Waals surface area contributed by atoms with E-state index < -0.39 is 5.41 Å². The van der Waals surface area contributed by atoms with E-state index in [4.69, 9.17) is 9.47 Å². The van der Waals surface area contributed by atoms with Crippen molar-refractivity contribution in [3.05, 3.63) is 0 Å². The van der Waals surface area contributed by atoms with Gasteiger partial charge in [0.05, 0.1) is 25.0 Å². The smallest absolute Gasteiger partial charge is 0.311 e. The number of carbonyl (C=O) groups is 2. The highest BCUT2D eigenvalue weighted by molar-refractivity contribution is 5.75. The molecule has 0 N–H and O–H groups in total. The Balaban J connectivity index is 1.82. The van der Waals surface area contributed by atoms with Crippen molar-refractivity contribution in [2.24, 2.45) is 29.1 Å². The van der Waals surface area contributed by atoms with Gasteiger partial charge in [-0.1, -0.05) is 6.92 Å². The lowest BCUT2D eigenvalue weighted by molar-refractivity contribution is -0.157. The highest BCUT2D eigenvalue weighted by Crippen LogP contribution is 2.52. The summed E-state index contributed by atoms with van der Waals surface area (Å²) < 4.78 is 10.4. The molecule has 0 spiro atoms. The molecule has 2 saturated carbocycles. The maximum absolute atomic E-state index is 12.0. The fraction of sp³-hybridized carbons (Fsp3) is 0.875. The summed E-state index contributed by atoms with van der Waals surface area (Å²) in [5.41, 5.74) is -0.397. The molecule has 4 heteroatoms. The summed E-state index contributed by atoms with van der Waals surface area (Å²) in [6.45, 7) is 6.35. The molecule has 2 aliphatic carbocycles. The summed E-state index contributed by atoms with van der Waals surface area (Å²) in [7, 11) is 1.46. The van der Waals surface area contributed by atoms with Crippen molar-refractivity contribution in [1.82, 2.24) is 0 Å². The Kier molecular flexibility index (Phi) is 4.40. The van der Waals surface area contributed by atoms with Crippen LogP contribution in [0.1, 0.15) is 46.5 Å². The largest absolute Gasteiger partial charge is 0.469 e. The lowest BCUT2D eigenvalue weighted by Gasteiger charge is -2.27. The minimum atomic E-state index is -0.397. The normalized spacial score (nSPS) is 32.2. The molecule has 0 aromatic carbocycles. The van der Waals surface area contributed by atoms with Gasteiger partial charge in [-0.05, 0) is 57.3 Å². The van der Waals surface area contributed by atoms with Gasteiger partial charge >= 0.3 is 11.9 Å². The average Bonchev–Trinajstić information content (AvgIpc) is 3.03. The summed E-state index contributed by atoms with van der Waals surface area (Å²) >= 11 is 0. The number of fused-ring (bicyclic) bond motifs is 2. The first kappa shape index (κ1) is 15.3. The molecule has 0 heterocycles. The van der Waals surface area contributed by atoms with Crippen LogP contribution in [0.4, 0.5) is 0 Å². The first-order valence-electron chi connectivity index (χ1n) is 7.64. The molecule has 114 valence electrons. The van der Waals surface area contributed by atoms with Crippen molar-refractivity contribution in [1.29, 1.82) is 0 Å². The topological polar surface area (TPSA) is 52.6 Å². The molecule has 2 rings (SSSR count). The van der Waals surface area contributed by atoms with E-state index in [9.17, 15) is 9.59 Å². The van der Waals surface area contributed by atoms with Gasteiger partial charge in [-0.3, -0.25) is 9.59 Å². The Labute approximate surface area is 121 Å². The molecule has 0 radical (unpaired) electrons. The van der Waals surface area contributed by atoms with Crippen molar-refractivity contribution in [3.63, 3.8) is 0 Å². The fourth-order valence-corrected chi connectivity index (χ4v) is 3.56. The van der Waals surface area contributed by atoms with E-state index >= 15 is 0 Å². The van der Waals surface area contributed by atoms with Crippen LogP contribution in [0.3, 0.4) is 0 Å². The number of hydrogen-bond donors (Lipinski definition) is 0. The van der Waals surface area contributed by atoms with Crippen LogP contribution in [-0.4, -0.2) is 25.7 Å². The van der Waals surface area contributed by atoms with Crippen LogP contribution in [0, 0.1) is 29.1 Å². The zero-order valence-electron chi connectivity index (χ0n) is 13.0. The van der Waals surface area contributed by atoms with Gasteiger partial charge in [-0.2, -0.15) is 0 Å². The summed E-state index contributed by atoms with van der Waals surface area (Å²) in [5.74, 6) is 1.27. The van der Waals surface area contributed by atoms with E-state index in [0.717, 1.165) is 25.7 Å². The molecular formula is C16H26O4. The zero-order chi connectivity index (χ0) is 14.9. The van der Waals surface area contributed by atoms with Crippen LogP contribution < -0.4 is 0 Å². The number of rotatable bonds is 5. The Morgan fingerprint density at radius 2 is 1.85 bits per heavy atom. The summed E-state index contributed by atoms with van der Waals surface area (Å²) in [4.78, 5) is 23.6. The van der Waals surface area contributed by atoms with Gasteiger partial charge in [0.25, 0.3) is 0 Å². The molecule has 20 heavy (non-hydrogen) atoms. The number of carbonyl (C=O) groups excluding carboxylic acids is 2. The molecule has 2 aliphatic rings. The van der Waals surface area contributed by atoms with Gasteiger partial charge < -0.3 is 9.47 Å². The molecule has 0 aromatic heterocycles. The van der Waals surface area contributed by atoms with Crippen molar-refractivity contribution in [2.45, 2.75) is 46.5 Å². The maximum Gasteiger partial charge on any atom is 0.311 e. The van der Waals surface area contributed by atoms with Crippen LogP contribution in [0.2, 0.25) is 0 Å². The van der Waals surface area contributed by atoms with Gasteiger partial charge in [0.15, 0.2) is 0 Å². The molecular weight excluding hydrogens is 256 g/mol. The Morgan fingerprint density at radius 1 is 1.15 bits per heavy atom. The van der Waals surface area contributed by atoms with E-state index in [1.165, 1.54) is 7.11 Å². The Morgan fingerprint density at radius 3 is 2.35 bits per heavy atom. The van der Waals surface area contributed by atoms with E-state index in [1.807, 2.05) is 20.8 Å². The predicted molar refractivity (Wildman–Crippen MR) is 74.9 cm³/mol. The summed E-state index contributed by atoms with van der Waals surface area (Å²) in [6, 6.07) is 0. The number of ether oxygens (including phenoxy) is 2. The molecule has 0 aliphatic heterocycles. The van der Waals surface area contributed by atoms with Crippen molar-refractivity contribution in [2.75, 3.05) is 13.7 Å². The fourth-order valence-electron chi connectivity index (χ4n) is 3.56. The van der Waals surface area contributed by atoms with E-state index in [0.29, 0.717) is 24.4 Å². The van der Waals surface area contributed by atoms with Crippen LogP contribution in [0.5, 0.6) is 0 Å². The van der Waals surface area contributed by atoms with Crippen molar-refractivity contribution in [3.8, 4) is 0 Å². The van der Waals surface area contributed by atoms with E-state index in [1.54, 1.807) is 0 Å². The second-order valence-electron chi connectivity index (χ2n) is 6.95. The summed E-state index contributed by atoms with van der Waals surface area (Å²) in [5, 5.41) is 0. The molecule has 4 nitrogen and oxygen atoms in total. The standard InChI is InChI=1S/C16H26O4/c1-5-16(2,3)15(18)20-9-12-7-11-6-10(12)8-13(11)14(17)19-4/h10-13H,5-9H2,1-4H3. The highest BCUT2D eigenvalue weighted by atomic mass is 16.5. The van der Waals surface area contributed by atoms with E-state index in [-0.39, 0.29) is 17.9 Å². The third-order valence-electron chi connectivity index (χ3n) is 5.37. The first-order valence-corrected chi connectivity index (χ1v) is 7.64. The average molecular weight is 282 g/mol. The zero-order valence-corrected chi connectivity index (χ0v) is 13.0. The lowest BCUT2D eigenvalue weighted by atomic mass is 9.82. The number of hydrogen-bond acceptors (Lipinski definition) is 4. The number of esters is 2. The monoisotopic (exact) mass is 282 g/mol. The minimum Gasteiger partial charge on any atom is -0.469 e. The molecule has 4 unspecified atom stereocenters. The second-order valence-corrected chi connectivity index (χ2v) is 6.95. The molecule has 2 bridgehead atoms. The quantitative estimate of drug-likeness (QED) is 0.728. The van der Waals surface area contributed by atoms with Crippen LogP contribution in [0.15, 0.2) is 0 Å². The number of methoxy groups -OCH3 is 1. The van der Waals surface area contributed by atoms with Gasteiger partial charge in [0.2, 0.25) is 0 Å². The third kappa shape index (κ3) is 2.84. The Bertz CT molecular complexity index is 388. The highest BCUT2D eigenvalue weighted by Gasteiger charge is 2.49. The van der Waals surface area contributed by atoms with Crippen LogP contribution in [0.25, 0.3) is 0 Å². The van der Waals surface area contributed by atoms with Crippen molar-refractivity contribution < 1.29 is 19.1 Å². The van der Waals surface area contributed by atoms with Crippen LogP contribution >= 0.6 is 0 Å². The van der Waals surface area contributed by atoms with Gasteiger partial charge in [-0.25, -0.2) is 0 Å². The third-order valence-corrected chi connectivity index (χ3v) is 5.37. The van der Waals surface area contributed by atoms with Gasteiger partial charge in [0.1, 0.15) is 0 Å². The molecule has 0 saturated heterocycles. The van der Waals surface area contributed by atoms with Gasteiger partial charge in [-0.15, -0.1) is 0 Å². The minimum absolute atomic E-state index is 0.0694. The van der Waals surface area contributed by atoms with Crippen molar-refractivity contribution >= 4 is 11.9 Å². The molecule has 0 amide bonds. The predicted octanol–water partition coefficient (Wildman–Crippen LogP) is 2.80. The van der Waals surface area contributed by atoms with E-state index in [2.05, 4.69) is 0 Å². The SMILES string of the molecule is CCC(C)(C)C(=O)OCC1CC2CC1CC2C(=O)OC. The second kappa shape index (κ2) is 5.74. The first-order chi connectivity index (χ1) is 9.39. The van der Waals surface area contributed by atoms with Gasteiger partial charge in [0, 0.05) is 0 Å². The molecule has 0 aromatic rings.